The molecule has 5 heteroatoms. The van der Waals surface area contributed by atoms with Gasteiger partial charge >= 0.3 is 0 Å². The standard InChI is InChI=1S/C15H18N4O/c20-15(12-5-7-16-8-6-12)18-13-1-3-14(4-2-13)19-10-9-17-11-19/h1-4,9-12,16H,5-8H2,(H,18,20). The van der Waals surface area contributed by atoms with Crippen LogP contribution in [0.1, 0.15) is 12.8 Å². The lowest BCUT2D eigenvalue weighted by Crippen LogP contribution is -2.34. The molecule has 3 rings (SSSR count). The summed E-state index contributed by atoms with van der Waals surface area (Å²) in [5, 5.41) is 6.26. The summed E-state index contributed by atoms with van der Waals surface area (Å²) in [6.45, 7) is 1.86. The fourth-order valence-electron chi connectivity index (χ4n) is 2.46. The predicted octanol–water partition coefficient (Wildman–Crippen LogP) is 1.81. The third-order valence-electron chi connectivity index (χ3n) is 3.65. The monoisotopic (exact) mass is 270 g/mol. The summed E-state index contributed by atoms with van der Waals surface area (Å²) >= 11 is 0. The summed E-state index contributed by atoms with van der Waals surface area (Å²) < 4.78 is 1.93. The van der Waals surface area contributed by atoms with Crippen molar-refractivity contribution in [3.8, 4) is 5.69 Å². The number of nitrogens with zero attached hydrogens (tertiary/aromatic N) is 2. The molecule has 0 spiro atoms. The highest BCUT2D eigenvalue weighted by Gasteiger charge is 2.20. The number of nitrogens with one attached hydrogen (secondary N) is 2. The molecule has 104 valence electrons. The largest absolute Gasteiger partial charge is 0.326 e. The molecule has 0 radical (unpaired) electrons. The van der Waals surface area contributed by atoms with Crippen molar-refractivity contribution >= 4 is 11.6 Å². The quantitative estimate of drug-likeness (QED) is 0.894. The molecular weight excluding hydrogens is 252 g/mol. The molecule has 1 aliphatic heterocycles. The summed E-state index contributed by atoms with van der Waals surface area (Å²) in [6, 6.07) is 7.79. The number of hydrogen-bond donors (Lipinski definition) is 2. The molecule has 2 heterocycles. The molecule has 1 aromatic carbocycles. The van der Waals surface area contributed by atoms with Gasteiger partial charge in [-0.3, -0.25) is 4.79 Å². The van der Waals surface area contributed by atoms with Crippen molar-refractivity contribution in [2.75, 3.05) is 18.4 Å². The van der Waals surface area contributed by atoms with Gasteiger partial charge < -0.3 is 15.2 Å². The number of aromatic nitrogens is 2. The van der Waals surface area contributed by atoms with Crippen molar-refractivity contribution < 1.29 is 4.79 Å². The van der Waals surface area contributed by atoms with E-state index in [4.69, 9.17) is 0 Å². The van der Waals surface area contributed by atoms with Gasteiger partial charge in [0.1, 0.15) is 0 Å². The molecule has 0 saturated carbocycles. The predicted molar refractivity (Wildman–Crippen MR) is 77.8 cm³/mol. The molecule has 2 aromatic rings. The zero-order valence-corrected chi connectivity index (χ0v) is 11.2. The van der Waals surface area contributed by atoms with Gasteiger partial charge in [-0.1, -0.05) is 0 Å². The van der Waals surface area contributed by atoms with E-state index in [0.29, 0.717) is 0 Å². The lowest BCUT2D eigenvalue weighted by Gasteiger charge is -2.21. The number of carbonyl (C=O) groups excluding carboxylic acids is 1. The topological polar surface area (TPSA) is 59.0 Å². The Kier molecular flexibility index (Phi) is 3.78. The van der Waals surface area contributed by atoms with E-state index in [1.165, 1.54) is 0 Å². The second kappa shape index (κ2) is 5.88. The summed E-state index contributed by atoms with van der Waals surface area (Å²) in [5.74, 6) is 0.256. The number of rotatable bonds is 3. The number of piperidine rings is 1. The average molecular weight is 270 g/mol. The van der Waals surface area contributed by atoms with Crippen LogP contribution in [-0.4, -0.2) is 28.5 Å². The average Bonchev–Trinajstić information content (AvgIpc) is 3.03. The van der Waals surface area contributed by atoms with E-state index in [2.05, 4.69) is 15.6 Å². The highest BCUT2D eigenvalue weighted by Crippen LogP contribution is 2.17. The Labute approximate surface area is 118 Å². The van der Waals surface area contributed by atoms with Gasteiger partial charge in [-0.15, -0.1) is 0 Å². The van der Waals surface area contributed by atoms with Crippen molar-refractivity contribution in [3.05, 3.63) is 43.0 Å². The number of anilines is 1. The SMILES string of the molecule is O=C(Nc1ccc(-n2ccnc2)cc1)C1CCNCC1. The van der Waals surface area contributed by atoms with E-state index < -0.39 is 0 Å². The first-order valence-electron chi connectivity index (χ1n) is 6.93. The minimum atomic E-state index is 0.127. The van der Waals surface area contributed by atoms with Gasteiger partial charge in [0, 0.05) is 29.7 Å². The Hall–Kier alpha value is -2.14. The molecule has 0 bridgehead atoms. The number of amides is 1. The lowest BCUT2D eigenvalue weighted by atomic mass is 9.97. The normalized spacial score (nSPS) is 16.0. The van der Waals surface area contributed by atoms with Gasteiger partial charge in [-0.25, -0.2) is 4.98 Å². The third kappa shape index (κ3) is 2.88. The van der Waals surface area contributed by atoms with E-state index in [1.54, 1.807) is 12.5 Å². The fourth-order valence-corrected chi connectivity index (χ4v) is 2.46. The highest BCUT2D eigenvalue weighted by molar-refractivity contribution is 5.92. The lowest BCUT2D eigenvalue weighted by molar-refractivity contribution is -0.120. The third-order valence-corrected chi connectivity index (χ3v) is 3.65. The van der Waals surface area contributed by atoms with Crippen LogP contribution in [0, 0.1) is 5.92 Å². The Morgan fingerprint density at radius 3 is 2.65 bits per heavy atom. The van der Waals surface area contributed by atoms with Crippen LogP contribution in [0.5, 0.6) is 0 Å². The molecule has 0 aliphatic carbocycles. The number of benzene rings is 1. The summed E-state index contributed by atoms with van der Waals surface area (Å²) in [5.41, 5.74) is 1.87. The summed E-state index contributed by atoms with van der Waals surface area (Å²) in [4.78, 5) is 16.1. The molecule has 1 aromatic heterocycles. The van der Waals surface area contributed by atoms with Gasteiger partial charge in [0.15, 0.2) is 0 Å². The van der Waals surface area contributed by atoms with Crippen molar-refractivity contribution in [3.63, 3.8) is 0 Å². The van der Waals surface area contributed by atoms with E-state index in [9.17, 15) is 4.79 Å². The smallest absolute Gasteiger partial charge is 0.227 e. The van der Waals surface area contributed by atoms with Crippen LogP contribution in [-0.2, 0) is 4.79 Å². The van der Waals surface area contributed by atoms with Crippen LogP contribution in [0.3, 0.4) is 0 Å². The van der Waals surface area contributed by atoms with Crippen molar-refractivity contribution in [1.29, 1.82) is 0 Å². The zero-order valence-electron chi connectivity index (χ0n) is 11.2. The highest BCUT2D eigenvalue weighted by atomic mass is 16.1. The molecule has 1 saturated heterocycles. The molecule has 20 heavy (non-hydrogen) atoms. The molecule has 5 nitrogen and oxygen atoms in total. The van der Waals surface area contributed by atoms with Crippen molar-refractivity contribution in [1.82, 2.24) is 14.9 Å². The number of imidazole rings is 1. The summed E-state index contributed by atoms with van der Waals surface area (Å²) in [7, 11) is 0. The van der Waals surface area contributed by atoms with Gasteiger partial charge in [0.2, 0.25) is 5.91 Å². The van der Waals surface area contributed by atoms with Crippen LogP contribution in [0.15, 0.2) is 43.0 Å². The minimum Gasteiger partial charge on any atom is -0.326 e. The van der Waals surface area contributed by atoms with Crippen molar-refractivity contribution in [2.45, 2.75) is 12.8 Å². The maximum atomic E-state index is 12.1. The maximum Gasteiger partial charge on any atom is 0.227 e. The number of hydrogen-bond acceptors (Lipinski definition) is 3. The van der Waals surface area contributed by atoms with Crippen LogP contribution in [0.25, 0.3) is 5.69 Å². The first kappa shape index (κ1) is 12.9. The molecular formula is C15H18N4O. The Bertz CT molecular complexity index is 556. The molecule has 0 unspecified atom stereocenters. The van der Waals surface area contributed by atoms with E-state index in [1.807, 2.05) is 35.0 Å². The van der Waals surface area contributed by atoms with Crippen LogP contribution < -0.4 is 10.6 Å². The second-order valence-electron chi connectivity index (χ2n) is 5.03. The Morgan fingerprint density at radius 2 is 2.00 bits per heavy atom. The first-order chi connectivity index (χ1) is 9.83. The first-order valence-corrected chi connectivity index (χ1v) is 6.93. The number of carbonyl (C=O) groups is 1. The van der Waals surface area contributed by atoms with Gasteiger partial charge in [-0.2, -0.15) is 0 Å². The van der Waals surface area contributed by atoms with E-state index >= 15 is 0 Å². The molecule has 1 fully saturated rings. The fraction of sp³-hybridized carbons (Fsp3) is 0.333. The molecule has 1 amide bonds. The van der Waals surface area contributed by atoms with Crippen LogP contribution >= 0.6 is 0 Å². The van der Waals surface area contributed by atoms with Crippen LogP contribution in [0.4, 0.5) is 5.69 Å². The Balaban J connectivity index is 1.64. The van der Waals surface area contributed by atoms with Gasteiger partial charge in [0.05, 0.1) is 6.33 Å². The van der Waals surface area contributed by atoms with Crippen LogP contribution in [0.2, 0.25) is 0 Å². The van der Waals surface area contributed by atoms with Crippen molar-refractivity contribution in [2.24, 2.45) is 5.92 Å². The Morgan fingerprint density at radius 1 is 1.25 bits per heavy atom. The van der Waals surface area contributed by atoms with E-state index in [-0.39, 0.29) is 11.8 Å². The van der Waals surface area contributed by atoms with Gasteiger partial charge in [-0.05, 0) is 50.2 Å². The molecule has 1 aliphatic rings. The molecule has 2 N–H and O–H groups in total. The zero-order chi connectivity index (χ0) is 13.8. The van der Waals surface area contributed by atoms with E-state index in [0.717, 1.165) is 37.3 Å². The molecule has 0 atom stereocenters. The maximum absolute atomic E-state index is 12.1. The minimum absolute atomic E-state index is 0.127. The van der Waals surface area contributed by atoms with Gasteiger partial charge in [0.25, 0.3) is 0 Å². The summed E-state index contributed by atoms with van der Waals surface area (Å²) in [6.07, 6.45) is 7.22. The second-order valence-corrected chi connectivity index (χ2v) is 5.03.